The maximum absolute atomic E-state index is 6.15. The van der Waals surface area contributed by atoms with Gasteiger partial charge in [-0.25, -0.2) is 0 Å². The summed E-state index contributed by atoms with van der Waals surface area (Å²) in [6.45, 7) is 5.17. The topological polar surface area (TPSA) is 35.0 Å². The SMILES string of the molecule is CC(C)C(CCc1cccnc1)c1ccc(OCc2ccccc2)cc1-c1cccnc1. The van der Waals surface area contributed by atoms with E-state index in [0.717, 1.165) is 29.7 Å². The van der Waals surface area contributed by atoms with Crippen molar-refractivity contribution in [2.24, 2.45) is 5.92 Å². The van der Waals surface area contributed by atoms with Crippen LogP contribution in [0, 0.1) is 5.92 Å². The maximum atomic E-state index is 6.15. The van der Waals surface area contributed by atoms with Gasteiger partial charge in [-0.1, -0.05) is 62.4 Å². The van der Waals surface area contributed by atoms with Crippen LogP contribution in [0.1, 0.15) is 42.9 Å². The molecule has 2 aromatic carbocycles. The van der Waals surface area contributed by atoms with E-state index in [1.54, 1.807) is 0 Å². The van der Waals surface area contributed by atoms with Crippen LogP contribution in [0.25, 0.3) is 11.1 Å². The van der Waals surface area contributed by atoms with Crippen molar-refractivity contribution < 1.29 is 4.74 Å². The van der Waals surface area contributed by atoms with Gasteiger partial charge in [0.1, 0.15) is 12.4 Å². The summed E-state index contributed by atoms with van der Waals surface area (Å²) < 4.78 is 6.15. The summed E-state index contributed by atoms with van der Waals surface area (Å²) in [5.74, 6) is 1.82. The minimum absolute atomic E-state index is 0.425. The molecule has 0 aliphatic rings. The Bertz CT molecular complexity index is 1100. The van der Waals surface area contributed by atoms with Crippen LogP contribution in [0.15, 0.2) is 97.6 Å². The molecule has 32 heavy (non-hydrogen) atoms. The van der Waals surface area contributed by atoms with Crippen molar-refractivity contribution in [3.05, 3.63) is 114 Å². The van der Waals surface area contributed by atoms with Gasteiger partial charge in [0.2, 0.25) is 0 Å². The first-order valence-corrected chi connectivity index (χ1v) is 11.3. The second kappa shape index (κ2) is 10.7. The average molecular weight is 423 g/mol. The van der Waals surface area contributed by atoms with Gasteiger partial charge >= 0.3 is 0 Å². The molecule has 0 spiro atoms. The molecular formula is C29H30N2O. The Labute approximate surface area is 191 Å². The number of nitrogens with zero attached hydrogens (tertiary/aromatic N) is 2. The number of hydrogen-bond acceptors (Lipinski definition) is 3. The summed E-state index contributed by atoms with van der Waals surface area (Å²) in [7, 11) is 0. The van der Waals surface area contributed by atoms with Crippen LogP contribution < -0.4 is 4.74 Å². The molecule has 4 rings (SSSR count). The molecule has 0 N–H and O–H groups in total. The first-order valence-electron chi connectivity index (χ1n) is 11.3. The molecule has 4 aromatic rings. The molecule has 0 radical (unpaired) electrons. The highest BCUT2D eigenvalue weighted by Gasteiger charge is 2.21. The van der Waals surface area contributed by atoms with E-state index in [0.29, 0.717) is 18.4 Å². The number of aromatic nitrogens is 2. The lowest BCUT2D eigenvalue weighted by molar-refractivity contribution is 0.306. The third-order valence-electron chi connectivity index (χ3n) is 5.92. The Kier molecular flexibility index (Phi) is 7.29. The molecule has 2 heterocycles. The molecule has 2 aromatic heterocycles. The third-order valence-corrected chi connectivity index (χ3v) is 5.92. The Morgan fingerprint density at radius 3 is 2.22 bits per heavy atom. The van der Waals surface area contributed by atoms with E-state index in [9.17, 15) is 0 Å². The normalized spacial score (nSPS) is 12.0. The van der Waals surface area contributed by atoms with Gasteiger partial charge < -0.3 is 4.74 Å². The van der Waals surface area contributed by atoms with Crippen molar-refractivity contribution in [1.29, 1.82) is 0 Å². The second-order valence-electron chi connectivity index (χ2n) is 8.52. The summed E-state index contributed by atoms with van der Waals surface area (Å²) in [5.41, 5.74) is 6.12. The van der Waals surface area contributed by atoms with Gasteiger partial charge in [0.15, 0.2) is 0 Å². The molecule has 0 bridgehead atoms. The van der Waals surface area contributed by atoms with E-state index in [2.05, 4.69) is 66.3 Å². The Balaban J connectivity index is 1.63. The van der Waals surface area contributed by atoms with E-state index in [1.807, 2.05) is 55.1 Å². The van der Waals surface area contributed by atoms with Gasteiger partial charge in [-0.3, -0.25) is 9.97 Å². The lowest BCUT2D eigenvalue weighted by Crippen LogP contribution is -2.10. The van der Waals surface area contributed by atoms with E-state index < -0.39 is 0 Å². The fourth-order valence-corrected chi connectivity index (χ4v) is 4.18. The number of aryl methyl sites for hydroxylation is 1. The second-order valence-corrected chi connectivity index (χ2v) is 8.52. The molecule has 0 amide bonds. The number of rotatable bonds is 9. The molecule has 0 fully saturated rings. The molecule has 3 heteroatoms. The van der Waals surface area contributed by atoms with Gasteiger partial charge in [-0.05, 0) is 71.2 Å². The van der Waals surface area contributed by atoms with Crippen LogP contribution >= 0.6 is 0 Å². The van der Waals surface area contributed by atoms with Crippen molar-refractivity contribution in [1.82, 2.24) is 9.97 Å². The van der Waals surface area contributed by atoms with Gasteiger partial charge in [-0.15, -0.1) is 0 Å². The summed E-state index contributed by atoms with van der Waals surface area (Å²) in [6, 6.07) is 25.1. The highest BCUT2D eigenvalue weighted by Crippen LogP contribution is 2.38. The zero-order valence-corrected chi connectivity index (χ0v) is 18.8. The zero-order chi connectivity index (χ0) is 22.2. The van der Waals surface area contributed by atoms with E-state index in [4.69, 9.17) is 4.74 Å². The Hall–Kier alpha value is -3.46. The van der Waals surface area contributed by atoms with Crippen LogP contribution in [-0.4, -0.2) is 9.97 Å². The van der Waals surface area contributed by atoms with Crippen molar-refractivity contribution in [3.8, 4) is 16.9 Å². The summed E-state index contributed by atoms with van der Waals surface area (Å²) in [4.78, 5) is 8.65. The zero-order valence-electron chi connectivity index (χ0n) is 18.8. The highest BCUT2D eigenvalue weighted by molar-refractivity contribution is 5.69. The van der Waals surface area contributed by atoms with Crippen LogP contribution in [0.5, 0.6) is 5.75 Å². The van der Waals surface area contributed by atoms with Crippen molar-refractivity contribution in [2.75, 3.05) is 0 Å². The number of benzene rings is 2. The number of hydrogen-bond donors (Lipinski definition) is 0. The summed E-state index contributed by atoms with van der Waals surface area (Å²) in [5, 5.41) is 0. The van der Waals surface area contributed by atoms with Gasteiger partial charge in [0, 0.05) is 30.4 Å². The number of pyridine rings is 2. The fraction of sp³-hybridized carbons (Fsp3) is 0.241. The molecule has 0 aliphatic carbocycles. The molecular weight excluding hydrogens is 392 g/mol. The molecule has 1 unspecified atom stereocenters. The monoisotopic (exact) mass is 422 g/mol. The van der Waals surface area contributed by atoms with E-state index in [1.165, 1.54) is 16.7 Å². The molecule has 162 valence electrons. The standard InChI is InChI=1S/C29H30N2O/c1-22(2)27(14-12-23-10-6-16-30-19-23)28-15-13-26(32-21-24-8-4-3-5-9-24)18-29(28)25-11-7-17-31-20-25/h3-11,13,15-20,22,27H,12,14,21H2,1-2H3. The average Bonchev–Trinajstić information content (AvgIpc) is 2.85. The highest BCUT2D eigenvalue weighted by atomic mass is 16.5. The van der Waals surface area contributed by atoms with E-state index in [-0.39, 0.29) is 0 Å². The van der Waals surface area contributed by atoms with E-state index >= 15 is 0 Å². The predicted octanol–water partition coefficient (Wildman–Crippen LogP) is 7.10. The summed E-state index contributed by atoms with van der Waals surface area (Å²) in [6.07, 6.45) is 9.65. The number of ether oxygens (including phenoxy) is 1. The Morgan fingerprint density at radius 1 is 0.781 bits per heavy atom. The minimum Gasteiger partial charge on any atom is -0.489 e. The van der Waals surface area contributed by atoms with Crippen LogP contribution in [0.4, 0.5) is 0 Å². The minimum atomic E-state index is 0.425. The van der Waals surface area contributed by atoms with Gasteiger partial charge in [0.25, 0.3) is 0 Å². The first-order chi connectivity index (χ1) is 15.7. The fourth-order valence-electron chi connectivity index (χ4n) is 4.18. The Morgan fingerprint density at radius 2 is 1.53 bits per heavy atom. The molecule has 0 saturated carbocycles. The lowest BCUT2D eigenvalue weighted by Gasteiger charge is -2.25. The largest absolute Gasteiger partial charge is 0.489 e. The molecule has 1 atom stereocenters. The quantitative estimate of drug-likeness (QED) is 0.289. The molecule has 0 saturated heterocycles. The lowest BCUT2D eigenvalue weighted by atomic mass is 9.80. The van der Waals surface area contributed by atoms with Crippen molar-refractivity contribution in [3.63, 3.8) is 0 Å². The van der Waals surface area contributed by atoms with Gasteiger partial charge in [-0.2, -0.15) is 0 Å². The van der Waals surface area contributed by atoms with Crippen molar-refractivity contribution >= 4 is 0 Å². The predicted molar refractivity (Wildman–Crippen MR) is 131 cm³/mol. The van der Waals surface area contributed by atoms with Crippen molar-refractivity contribution in [2.45, 2.75) is 39.2 Å². The molecule has 0 aliphatic heterocycles. The van der Waals surface area contributed by atoms with Crippen LogP contribution in [0.2, 0.25) is 0 Å². The molecule has 3 nitrogen and oxygen atoms in total. The third kappa shape index (κ3) is 5.61. The summed E-state index contributed by atoms with van der Waals surface area (Å²) >= 11 is 0. The van der Waals surface area contributed by atoms with Crippen LogP contribution in [0.3, 0.4) is 0 Å². The smallest absolute Gasteiger partial charge is 0.120 e. The maximum Gasteiger partial charge on any atom is 0.120 e. The van der Waals surface area contributed by atoms with Gasteiger partial charge in [0.05, 0.1) is 0 Å². The first kappa shape index (κ1) is 21.8. The van der Waals surface area contributed by atoms with Crippen LogP contribution in [-0.2, 0) is 13.0 Å².